The van der Waals surface area contributed by atoms with E-state index in [1.54, 1.807) is 122 Å². The third-order valence-electron chi connectivity index (χ3n) is 16.1. The molecule has 4 aliphatic rings. The number of nitrogens with zero attached hydrogens (tertiary/aromatic N) is 11. The second kappa shape index (κ2) is 40.3. The van der Waals surface area contributed by atoms with Crippen molar-refractivity contribution in [2.24, 2.45) is 11.5 Å². The lowest BCUT2D eigenvalue weighted by atomic mass is 9.82. The van der Waals surface area contributed by atoms with Gasteiger partial charge in [0.15, 0.2) is 0 Å². The quantitative estimate of drug-likeness (QED) is 0.0471. The van der Waals surface area contributed by atoms with Gasteiger partial charge in [-0.1, -0.05) is 112 Å². The second-order valence-electron chi connectivity index (χ2n) is 23.3. The van der Waals surface area contributed by atoms with E-state index in [4.69, 9.17) is 98.7 Å². The van der Waals surface area contributed by atoms with Gasteiger partial charge in [0, 0.05) is 137 Å². The molecule has 0 saturated carbocycles. The van der Waals surface area contributed by atoms with E-state index in [0.717, 1.165) is 102 Å². The zero-order valence-electron chi connectivity index (χ0n) is 55.8. The van der Waals surface area contributed by atoms with Crippen LogP contribution in [0.25, 0.3) is 16.0 Å². The Morgan fingerprint density at radius 1 is 0.552 bits per heavy atom. The zero-order chi connectivity index (χ0) is 74.8. The summed E-state index contributed by atoms with van der Waals surface area (Å²) in [6, 6.07) is 44.2. The Bertz CT molecular complexity index is 4640. The van der Waals surface area contributed by atoms with Gasteiger partial charge in [-0.3, -0.25) is 19.6 Å². The number of benzene rings is 4. The van der Waals surface area contributed by atoms with Crippen molar-refractivity contribution in [2.45, 2.75) is 50.1 Å². The minimum absolute atomic E-state index is 0.0228. The van der Waals surface area contributed by atoms with Gasteiger partial charge in [-0.2, -0.15) is 5.26 Å². The van der Waals surface area contributed by atoms with E-state index in [-0.39, 0.29) is 30.0 Å². The maximum absolute atomic E-state index is 12.5. The molecule has 6 aromatic heterocycles. The highest BCUT2D eigenvalue weighted by Gasteiger charge is 2.31. The number of amides is 2. The van der Waals surface area contributed by atoms with Crippen molar-refractivity contribution in [3.63, 3.8) is 0 Å². The smallest absolute Gasteiger partial charge is 0.472 e. The average molecular weight is 1690 g/mol. The van der Waals surface area contributed by atoms with Crippen LogP contribution in [0.15, 0.2) is 209 Å². The monoisotopic (exact) mass is 1690 g/mol. The number of halogens is 8. The van der Waals surface area contributed by atoms with E-state index < -0.39 is 24.7 Å². The summed E-state index contributed by atoms with van der Waals surface area (Å²) in [6.07, 6.45) is 16.8. The van der Waals surface area contributed by atoms with Crippen molar-refractivity contribution < 1.29 is 43.0 Å². The molecule has 540 valence electrons. The lowest BCUT2D eigenvalue weighted by Crippen LogP contribution is -2.29. The molecule has 10 aromatic rings. The number of nitrogens with two attached hydrogens (primary N) is 2. The predicted molar refractivity (Wildman–Crippen MR) is 417 cm³/mol. The first-order valence-electron chi connectivity index (χ1n) is 32.5. The summed E-state index contributed by atoms with van der Waals surface area (Å²) in [6.45, 7) is 13.6. The molecule has 105 heavy (non-hydrogen) atoms. The first-order chi connectivity index (χ1) is 50.7. The lowest BCUT2D eigenvalue weighted by molar-refractivity contribution is 0.0992. The first-order valence-corrected chi connectivity index (χ1v) is 36.4. The molecule has 4 aromatic carbocycles. The Labute approximate surface area is 651 Å². The number of carbonyl (C=O) groups excluding carboxylic acids is 2. The first kappa shape index (κ1) is 79.9. The summed E-state index contributed by atoms with van der Waals surface area (Å²) in [5.41, 5.74) is 17.7. The third kappa shape index (κ3) is 23.9. The van der Waals surface area contributed by atoms with Crippen molar-refractivity contribution >= 4 is 141 Å². The molecule has 0 bridgehead atoms. The lowest BCUT2D eigenvalue weighted by Gasteiger charge is -2.22. The van der Waals surface area contributed by atoms with Crippen LogP contribution in [0, 0.1) is 23.7 Å². The molecular weight excluding hydrogens is 1620 g/mol. The van der Waals surface area contributed by atoms with Crippen LogP contribution in [0.2, 0.25) is 20.1 Å². The van der Waals surface area contributed by atoms with Crippen molar-refractivity contribution in [3.8, 4) is 40.7 Å². The number of ether oxygens (including phenoxy) is 4. The van der Waals surface area contributed by atoms with Gasteiger partial charge >= 0.3 is 7.12 Å². The van der Waals surface area contributed by atoms with Crippen molar-refractivity contribution in [1.29, 1.82) is 5.26 Å². The van der Waals surface area contributed by atoms with Gasteiger partial charge in [-0.05, 0) is 146 Å². The third-order valence-corrected chi connectivity index (χ3v) is 18.7. The molecule has 7 N–H and O–H groups in total. The number of hydrogen-bond acceptors (Lipinski definition) is 19. The van der Waals surface area contributed by atoms with Crippen LogP contribution in [-0.2, 0) is 0 Å². The fraction of sp³-hybridized carbons (Fsp3) is 0.216. The molecule has 0 spiro atoms. The zero-order valence-corrected chi connectivity index (χ0v) is 63.6. The van der Waals surface area contributed by atoms with Crippen LogP contribution in [0.4, 0.5) is 27.1 Å². The molecule has 0 aliphatic carbocycles. The molecule has 14 rings (SSSR count). The van der Waals surface area contributed by atoms with E-state index >= 15 is 0 Å². The molecule has 0 unspecified atom stereocenters. The predicted octanol–water partition coefficient (Wildman–Crippen LogP) is 14.2. The van der Waals surface area contributed by atoms with Crippen LogP contribution >= 0.6 is 94.2 Å². The van der Waals surface area contributed by atoms with E-state index in [2.05, 4.69) is 103 Å². The maximum atomic E-state index is 12.5. The van der Waals surface area contributed by atoms with Crippen LogP contribution in [-0.4, -0.2) is 136 Å². The topological polar surface area (TPSA) is 291 Å². The molecule has 0 radical (unpaired) electrons. The van der Waals surface area contributed by atoms with Crippen LogP contribution < -0.4 is 55.9 Å². The summed E-state index contributed by atoms with van der Waals surface area (Å²) in [5.74, 6) is 0.488. The van der Waals surface area contributed by atoms with Crippen molar-refractivity contribution in [1.82, 2.24) is 35.2 Å². The highest BCUT2D eigenvalue weighted by atomic mass is 79.9. The fourth-order valence-electron chi connectivity index (χ4n) is 11.0. The molecule has 4 fully saturated rings. The number of nitriles is 1. The Morgan fingerprint density at radius 3 is 1.39 bits per heavy atom. The molecule has 4 saturated heterocycles. The minimum atomic E-state index is -1.40. The van der Waals surface area contributed by atoms with Crippen LogP contribution in [0.5, 0.6) is 23.5 Å². The number of rotatable bonds is 15. The number of carbonyl (C=O) groups is 2. The largest absolute Gasteiger partial charge is 0.490 e. The Balaban J connectivity index is 0.000000152. The van der Waals surface area contributed by atoms with Crippen molar-refractivity contribution in [3.05, 3.63) is 263 Å². The summed E-state index contributed by atoms with van der Waals surface area (Å²) < 4.78 is 38.3. The fourth-order valence-corrected chi connectivity index (χ4v) is 12.7. The summed E-state index contributed by atoms with van der Waals surface area (Å²) in [7, 11) is -1.40. The number of anilines is 3. The normalized spacial score (nSPS) is 16.1. The van der Waals surface area contributed by atoms with Gasteiger partial charge in [0.05, 0.1) is 42.9 Å². The van der Waals surface area contributed by atoms with Gasteiger partial charge in [0.2, 0.25) is 29.2 Å². The molecule has 4 aliphatic heterocycles. The number of aromatic nitrogens is 6. The van der Waals surface area contributed by atoms with Gasteiger partial charge in [-0.15, -0.1) is 0 Å². The molecule has 2 amide bonds. The Kier molecular flexibility index (Phi) is 30.7. The number of primary amides is 2. The van der Waals surface area contributed by atoms with Gasteiger partial charge < -0.3 is 60.5 Å². The Morgan fingerprint density at radius 2 is 0.981 bits per heavy atom. The van der Waals surface area contributed by atoms with Crippen molar-refractivity contribution in [2.75, 3.05) is 67.1 Å². The highest BCUT2D eigenvalue weighted by molar-refractivity contribution is 9.11. The molecule has 31 heteroatoms. The molecular formula is C74H67BBr3Cl4FN14O8. The van der Waals surface area contributed by atoms with Crippen LogP contribution in [0.1, 0.15) is 52.0 Å². The summed E-state index contributed by atoms with van der Waals surface area (Å²) in [5, 5.41) is 30.7. The SMILES string of the molecule is Clc1cccnc1O[C@@H]1CCNC1.N#Cc1cc(Br)ccc1F.NC(=O)c1cc(-c2cccnc2)ccc1N1CC[C@@H](Oc2ncccc2Cl)C1.NC(=O)c1cc(Br)ccc1N1CC[C@@H](Oc2ncccc2Cl)C1.OB(O)c1cccnc1.[C-]#[N+]c1cc(Br)ccc1N1CC[C@@H](Oc2ncccc2Cl)C1. The van der Waals surface area contributed by atoms with Crippen LogP contribution in [0.3, 0.4) is 0 Å². The van der Waals surface area contributed by atoms with E-state index in [9.17, 15) is 14.0 Å². The van der Waals surface area contributed by atoms with E-state index in [1.807, 2.05) is 60.7 Å². The summed E-state index contributed by atoms with van der Waals surface area (Å²) >= 11 is 34.1. The summed E-state index contributed by atoms with van der Waals surface area (Å²) in [4.78, 5) is 58.1. The Hall–Kier alpha value is -9.23. The standard InChI is InChI=1S/C21H19ClN4O2.C16H15BrClN3O2.C16H13BrClN3O.C9H11ClN2O.C7H3BrFN.C5H6BNO2/c22-18-4-2-9-25-21(18)28-16-7-10-26(13-16)19-6-5-14(11-17(19)20(23)27)15-3-1-8-24-12-15;17-10-3-4-14(12(8-10)15(19)22)21-7-5-11(9-21)23-16-13(18)2-1-6-20-16;1-19-14-9-11(17)4-5-15(14)21-8-6-12(10-21)22-16-13(18)3-2-7-20-16;10-8-2-1-4-12-9(8)13-7-3-5-11-6-7;8-6-1-2-7(9)5(3-6)4-10;8-6(9)5-2-1-3-7-4-5/h1-6,8-9,11-12,16H,7,10,13H2,(H2,23,27);1-4,6,8,11H,5,7,9H2,(H2,19,22);2-5,7,9,12H,6,8,10H2;1-2,4,7,11H,3,5-6H2;1-3H;1-4,8-9H/t16-;11-;12-;7-;;/m1111../s1. The maximum Gasteiger partial charge on any atom is 0.490 e. The highest BCUT2D eigenvalue weighted by Crippen LogP contribution is 2.37. The van der Waals surface area contributed by atoms with E-state index in [1.165, 1.54) is 18.3 Å². The van der Waals surface area contributed by atoms with E-state index in [0.29, 0.717) is 83.4 Å². The number of hydrogen-bond donors (Lipinski definition) is 5. The van der Waals surface area contributed by atoms with Gasteiger partial charge in [0.25, 0.3) is 11.8 Å². The minimum Gasteiger partial charge on any atom is -0.472 e. The molecule has 22 nitrogen and oxygen atoms in total. The molecule has 4 atom stereocenters. The number of pyridine rings is 6. The molecule has 10 heterocycles. The van der Waals surface area contributed by atoms with Gasteiger partial charge in [-0.25, -0.2) is 29.2 Å². The number of nitrogens with one attached hydrogen (secondary N) is 1. The second-order valence-corrected chi connectivity index (χ2v) is 27.7. The average Bonchev–Trinajstić information content (AvgIpc) is 1.79. The van der Waals surface area contributed by atoms with Gasteiger partial charge in [0.1, 0.15) is 56.4 Å².